The van der Waals surface area contributed by atoms with Gasteiger partial charge in [0.15, 0.2) is 5.96 Å². The fourth-order valence-electron chi connectivity index (χ4n) is 2.49. The van der Waals surface area contributed by atoms with Crippen LogP contribution in [-0.2, 0) is 6.54 Å². The van der Waals surface area contributed by atoms with E-state index in [0.717, 1.165) is 17.7 Å². The first-order valence-corrected chi connectivity index (χ1v) is 9.06. The number of aliphatic hydroxyl groups excluding tert-OH is 1. The third-order valence-corrected chi connectivity index (χ3v) is 3.78. The van der Waals surface area contributed by atoms with Crippen molar-refractivity contribution >= 4 is 5.96 Å². The minimum atomic E-state index is -0.491. The van der Waals surface area contributed by atoms with Crippen LogP contribution >= 0.6 is 0 Å². The molecule has 2 rings (SSSR count). The maximum absolute atomic E-state index is 10.2. The van der Waals surface area contributed by atoms with E-state index in [0.29, 0.717) is 38.0 Å². The summed E-state index contributed by atoms with van der Waals surface area (Å²) in [5.74, 6) is 1.33. The summed E-state index contributed by atoms with van der Waals surface area (Å²) in [7, 11) is 0. The third kappa shape index (κ3) is 6.37. The number of nitrogens with zero attached hydrogens (tertiary/aromatic N) is 2. The Balaban J connectivity index is 1.90. The Morgan fingerprint density at radius 1 is 1.15 bits per heavy atom. The van der Waals surface area contributed by atoms with Crippen LogP contribution in [-0.4, -0.2) is 35.7 Å². The molecule has 3 N–H and O–H groups in total. The zero-order valence-corrected chi connectivity index (χ0v) is 15.5. The summed E-state index contributed by atoms with van der Waals surface area (Å²) in [6, 6.07) is 13.5. The van der Waals surface area contributed by atoms with E-state index in [1.165, 1.54) is 0 Å². The minimum Gasteiger partial charge on any atom is -0.478 e. The number of benzene rings is 1. The van der Waals surface area contributed by atoms with E-state index in [9.17, 15) is 5.11 Å². The Bertz CT molecular complexity index is 677. The molecular formula is C20H28N4O2. The van der Waals surface area contributed by atoms with Gasteiger partial charge in [-0.25, -0.2) is 9.98 Å². The van der Waals surface area contributed by atoms with Crippen LogP contribution in [0.5, 0.6) is 5.88 Å². The van der Waals surface area contributed by atoms with Crippen molar-refractivity contribution in [3.63, 3.8) is 0 Å². The normalized spacial score (nSPS) is 12.5. The van der Waals surface area contributed by atoms with Crippen molar-refractivity contribution in [2.75, 3.05) is 19.7 Å². The van der Waals surface area contributed by atoms with Gasteiger partial charge in [-0.15, -0.1) is 0 Å². The molecule has 0 aliphatic heterocycles. The van der Waals surface area contributed by atoms with Gasteiger partial charge in [-0.3, -0.25) is 0 Å². The van der Waals surface area contributed by atoms with Gasteiger partial charge in [-0.05, 0) is 31.9 Å². The second kappa shape index (κ2) is 11.1. The average molecular weight is 356 g/mol. The zero-order chi connectivity index (χ0) is 18.6. The van der Waals surface area contributed by atoms with Crippen LogP contribution in [0.2, 0.25) is 0 Å². The summed E-state index contributed by atoms with van der Waals surface area (Å²) in [6.45, 7) is 6.38. The highest BCUT2D eigenvalue weighted by atomic mass is 16.5. The highest BCUT2D eigenvalue weighted by Gasteiger charge is 2.08. The number of rotatable bonds is 9. The zero-order valence-electron chi connectivity index (χ0n) is 15.5. The van der Waals surface area contributed by atoms with Crippen LogP contribution in [0, 0.1) is 0 Å². The molecule has 0 fully saturated rings. The van der Waals surface area contributed by atoms with E-state index in [-0.39, 0.29) is 0 Å². The summed E-state index contributed by atoms with van der Waals surface area (Å²) in [6.07, 6.45) is 1.83. The number of pyridine rings is 1. The first-order chi connectivity index (χ1) is 12.7. The first-order valence-electron chi connectivity index (χ1n) is 9.06. The summed E-state index contributed by atoms with van der Waals surface area (Å²) in [5.41, 5.74) is 1.86. The van der Waals surface area contributed by atoms with Gasteiger partial charge >= 0.3 is 0 Å². The van der Waals surface area contributed by atoms with Crippen LogP contribution in [0.1, 0.15) is 37.5 Å². The van der Waals surface area contributed by atoms with Gasteiger partial charge in [0.25, 0.3) is 0 Å². The van der Waals surface area contributed by atoms with Gasteiger partial charge in [0.2, 0.25) is 5.88 Å². The Kier molecular flexibility index (Phi) is 8.42. The van der Waals surface area contributed by atoms with Gasteiger partial charge in [0.05, 0.1) is 19.3 Å². The smallest absolute Gasteiger partial charge is 0.218 e. The SMILES string of the molecule is CCNC(=NCc1cccnc1OCC)NCCC(O)c1ccccc1. The molecule has 0 bridgehead atoms. The van der Waals surface area contributed by atoms with Crippen LogP contribution in [0.3, 0.4) is 0 Å². The van der Waals surface area contributed by atoms with E-state index in [1.807, 2.05) is 56.3 Å². The maximum atomic E-state index is 10.2. The molecule has 0 saturated carbocycles. The molecule has 6 heteroatoms. The highest BCUT2D eigenvalue weighted by molar-refractivity contribution is 5.79. The van der Waals surface area contributed by atoms with Crippen molar-refractivity contribution in [3.05, 3.63) is 59.8 Å². The lowest BCUT2D eigenvalue weighted by Gasteiger charge is -2.14. The molecular weight excluding hydrogens is 328 g/mol. The lowest BCUT2D eigenvalue weighted by Crippen LogP contribution is -2.38. The molecule has 26 heavy (non-hydrogen) atoms. The summed E-state index contributed by atoms with van der Waals surface area (Å²) >= 11 is 0. The molecule has 6 nitrogen and oxygen atoms in total. The van der Waals surface area contributed by atoms with Crippen LogP contribution in [0.4, 0.5) is 0 Å². The number of aliphatic hydroxyl groups is 1. The van der Waals surface area contributed by atoms with Gasteiger partial charge in [0, 0.05) is 24.8 Å². The van der Waals surface area contributed by atoms with Crippen LogP contribution in [0.15, 0.2) is 53.7 Å². The summed E-state index contributed by atoms with van der Waals surface area (Å²) in [4.78, 5) is 8.83. The highest BCUT2D eigenvalue weighted by Crippen LogP contribution is 2.16. The molecule has 0 aliphatic carbocycles. The molecule has 0 amide bonds. The van der Waals surface area contributed by atoms with Crippen molar-refractivity contribution in [2.45, 2.75) is 32.9 Å². The summed E-state index contributed by atoms with van der Waals surface area (Å²) < 4.78 is 5.54. The fourth-order valence-corrected chi connectivity index (χ4v) is 2.49. The molecule has 0 aliphatic rings. The Hall–Kier alpha value is -2.60. The van der Waals surface area contributed by atoms with Crippen molar-refractivity contribution < 1.29 is 9.84 Å². The maximum Gasteiger partial charge on any atom is 0.218 e. The van der Waals surface area contributed by atoms with E-state index in [2.05, 4.69) is 20.6 Å². The molecule has 0 radical (unpaired) electrons. The quantitative estimate of drug-likeness (QED) is 0.475. The lowest BCUT2D eigenvalue weighted by atomic mass is 10.1. The largest absolute Gasteiger partial charge is 0.478 e. The van der Waals surface area contributed by atoms with Gasteiger partial charge < -0.3 is 20.5 Å². The minimum absolute atomic E-state index is 0.472. The average Bonchev–Trinajstić information content (AvgIpc) is 2.68. The van der Waals surface area contributed by atoms with Gasteiger partial charge in [-0.1, -0.05) is 36.4 Å². The molecule has 0 spiro atoms. The number of hydrogen-bond donors (Lipinski definition) is 3. The second-order valence-electron chi connectivity index (χ2n) is 5.74. The van der Waals surface area contributed by atoms with Gasteiger partial charge in [-0.2, -0.15) is 0 Å². The Morgan fingerprint density at radius 3 is 2.69 bits per heavy atom. The van der Waals surface area contributed by atoms with E-state index in [4.69, 9.17) is 4.74 Å². The number of nitrogens with one attached hydrogen (secondary N) is 2. The molecule has 1 atom stereocenters. The summed E-state index contributed by atoms with van der Waals surface area (Å²) in [5, 5.41) is 16.7. The standard InChI is InChI=1S/C20H28N4O2/c1-3-21-20(23-14-12-18(25)16-9-6-5-7-10-16)24-15-17-11-8-13-22-19(17)26-4-2/h5-11,13,18,25H,3-4,12,14-15H2,1-2H3,(H2,21,23,24). The van der Waals surface area contributed by atoms with Crippen molar-refractivity contribution in [1.82, 2.24) is 15.6 Å². The Morgan fingerprint density at radius 2 is 1.96 bits per heavy atom. The second-order valence-corrected chi connectivity index (χ2v) is 5.74. The number of guanidine groups is 1. The molecule has 2 aromatic rings. The van der Waals surface area contributed by atoms with Gasteiger partial charge in [0.1, 0.15) is 0 Å². The van der Waals surface area contributed by atoms with E-state index < -0.39 is 6.10 Å². The van der Waals surface area contributed by atoms with E-state index >= 15 is 0 Å². The third-order valence-electron chi connectivity index (χ3n) is 3.78. The number of aromatic nitrogens is 1. The molecule has 1 aromatic heterocycles. The molecule has 1 aromatic carbocycles. The van der Waals surface area contributed by atoms with Crippen LogP contribution < -0.4 is 15.4 Å². The number of ether oxygens (including phenoxy) is 1. The fraction of sp³-hybridized carbons (Fsp3) is 0.400. The first kappa shape index (κ1) is 19.7. The number of hydrogen-bond acceptors (Lipinski definition) is 4. The topological polar surface area (TPSA) is 78.8 Å². The number of aliphatic imine (C=N–C) groups is 1. The van der Waals surface area contributed by atoms with Crippen molar-refractivity contribution in [1.29, 1.82) is 0 Å². The lowest BCUT2D eigenvalue weighted by molar-refractivity contribution is 0.168. The predicted molar refractivity (Wildman–Crippen MR) is 104 cm³/mol. The van der Waals surface area contributed by atoms with E-state index in [1.54, 1.807) is 6.20 Å². The molecule has 0 saturated heterocycles. The molecule has 1 unspecified atom stereocenters. The van der Waals surface area contributed by atoms with Crippen molar-refractivity contribution in [3.8, 4) is 5.88 Å². The molecule has 1 heterocycles. The van der Waals surface area contributed by atoms with Crippen LogP contribution in [0.25, 0.3) is 0 Å². The molecule has 140 valence electrons. The monoisotopic (exact) mass is 356 g/mol. The Labute approximate surface area is 155 Å². The predicted octanol–water partition coefficient (Wildman–Crippen LogP) is 2.66. The van der Waals surface area contributed by atoms with Crippen molar-refractivity contribution in [2.24, 2.45) is 4.99 Å².